The monoisotopic (exact) mass is 290 g/mol. The molecular weight excluding hydrogens is 270 g/mol. The molecule has 0 atom stereocenters. The third kappa shape index (κ3) is 3.00. The summed E-state index contributed by atoms with van der Waals surface area (Å²) in [5, 5.41) is 13.0. The van der Waals surface area contributed by atoms with Gasteiger partial charge in [0.2, 0.25) is 0 Å². The van der Waals surface area contributed by atoms with Crippen molar-refractivity contribution in [1.82, 2.24) is 0 Å². The van der Waals surface area contributed by atoms with E-state index in [1.54, 1.807) is 13.8 Å². The van der Waals surface area contributed by atoms with E-state index >= 15 is 0 Å². The van der Waals surface area contributed by atoms with Gasteiger partial charge in [-0.25, -0.2) is 0 Å². The fourth-order valence-corrected chi connectivity index (χ4v) is 2.11. The summed E-state index contributed by atoms with van der Waals surface area (Å²) in [7, 11) is 0.376. The largest absolute Gasteiger partial charge is 0.427 e. The Hall–Kier alpha value is -1.03. The van der Waals surface area contributed by atoms with E-state index in [0.717, 1.165) is 21.3 Å². The summed E-state index contributed by atoms with van der Waals surface area (Å²) in [5.74, 6) is 0. The number of rotatable bonds is 4. The van der Waals surface area contributed by atoms with Gasteiger partial charge in [0.05, 0.1) is 11.2 Å². The lowest BCUT2D eigenvalue weighted by atomic mass is 9.82. The van der Waals surface area contributed by atoms with Gasteiger partial charge in [0.25, 0.3) is 0 Å². The fraction of sp³-hybridized carbons (Fsp3) is 0.375. The molecule has 2 aromatic carbocycles. The zero-order valence-corrected chi connectivity index (χ0v) is 13.2. The van der Waals surface area contributed by atoms with E-state index in [2.05, 4.69) is 0 Å². The van der Waals surface area contributed by atoms with Gasteiger partial charge in [-0.2, -0.15) is 0 Å². The quantitative estimate of drug-likeness (QED) is 0.877. The Labute approximate surface area is 126 Å². The normalized spacial score (nSPS) is 12.7. The molecule has 0 bridgehead atoms. The summed E-state index contributed by atoms with van der Waals surface area (Å²) in [5.41, 5.74) is -0.638. The third-order valence-electron chi connectivity index (χ3n) is 4.01. The highest BCUT2D eigenvalue weighted by Gasteiger charge is 2.35. The number of benzene rings is 2. The summed E-state index contributed by atoms with van der Waals surface area (Å²) in [6, 6.07) is 12.0. The van der Waals surface area contributed by atoms with Crippen LogP contribution in [0.2, 0.25) is 5.02 Å². The number of aliphatic hydroxyl groups is 1. The predicted octanol–water partition coefficient (Wildman–Crippen LogP) is 3.04. The Bertz CT molecular complexity index is 617. The topological polar surface area (TPSA) is 29.5 Å². The number of halogens is 1. The molecule has 0 spiro atoms. The minimum Gasteiger partial charge on any atom is -0.427 e. The summed E-state index contributed by atoms with van der Waals surface area (Å²) >= 11 is 6.44. The maximum atomic E-state index is 10.1. The highest BCUT2D eigenvalue weighted by atomic mass is 35.5. The van der Waals surface area contributed by atoms with E-state index < -0.39 is 11.2 Å². The van der Waals surface area contributed by atoms with Crippen molar-refractivity contribution in [3.05, 3.63) is 41.4 Å². The molecule has 0 aromatic heterocycles. The maximum absolute atomic E-state index is 10.1. The Morgan fingerprint density at radius 2 is 1.70 bits per heavy atom. The van der Waals surface area contributed by atoms with E-state index in [9.17, 15) is 5.11 Å². The SMILES string of the molecule is CC(C)(O)C(C)(C)OBc1ccc2ccccc2c1Cl. The van der Waals surface area contributed by atoms with Gasteiger partial charge in [0.15, 0.2) is 0 Å². The minimum atomic E-state index is -0.920. The van der Waals surface area contributed by atoms with Crippen LogP contribution in [-0.2, 0) is 4.65 Å². The molecule has 2 nitrogen and oxygen atoms in total. The summed E-state index contributed by atoms with van der Waals surface area (Å²) in [6.07, 6.45) is 0. The van der Waals surface area contributed by atoms with Gasteiger partial charge >= 0.3 is 7.48 Å². The van der Waals surface area contributed by atoms with E-state index in [4.69, 9.17) is 16.3 Å². The van der Waals surface area contributed by atoms with Crippen LogP contribution < -0.4 is 5.46 Å². The summed E-state index contributed by atoms with van der Waals surface area (Å²) < 4.78 is 5.88. The van der Waals surface area contributed by atoms with Gasteiger partial charge in [-0.1, -0.05) is 48.0 Å². The van der Waals surface area contributed by atoms with Crippen molar-refractivity contribution in [3.63, 3.8) is 0 Å². The average Bonchev–Trinajstić information content (AvgIpc) is 2.37. The van der Waals surface area contributed by atoms with Crippen molar-refractivity contribution in [1.29, 1.82) is 0 Å². The van der Waals surface area contributed by atoms with Crippen LogP contribution in [-0.4, -0.2) is 23.8 Å². The summed E-state index contributed by atoms with van der Waals surface area (Å²) in [6.45, 7) is 7.24. The lowest BCUT2D eigenvalue weighted by Crippen LogP contribution is -2.49. The molecule has 0 amide bonds. The molecule has 4 heteroatoms. The lowest BCUT2D eigenvalue weighted by Gasteiger charge is -2.37. The molecule has 0 radical (unpaired) electrons. The second-order valence-electron chi connectivity index (χ2n) is 6.12. The Kier molecular flexibility index (Phi) is 4.15. The molecule has 106 valence electrons. The average molecular weight is 291 g/mol. The van der Waals surface area contributed by atoms with Crippen molar-refractivity contribution >= 4 is 35.3 Å². The van der Waals surface area contributed by atoms with Crippen LogP contribution in [0.15, 0.2) is 36.4 Å². The highest BCUT2D eigenvalue weighted by Crippen LogP contribution is 2.25. The van der Waals surface area contributed by atoms with Gasteiger partial charge < -0.3 is 9.76 Å². The molecule has 0 fully saturated rings. The number of hydrogen-bond acceptors (Lipinski definition) is 2. The minimum absolute atomic E-state index is 0.376. The molecule has 0 saturated heterocycles. The molecule has 2 rings (SSSR count). The Morgan fingerprint density at radius 3 is 2.35 bits per heavy atom. The molecule has 2 aromatic rings. The predicted molar refractivity (Wildman–Crippen MR) is 87.2 cm³/mol. The molecule has 20 heavy (non-hydrogen) atoms. The van der Waals surface area contributed by atoms with E-state index in [1.807, 2.05) is 50.2 Å². The van der Waals surface area contributed by atoms with Gasteiger partial charge in [0.1, 0.15) is 0 Å². The van der Waals surface area contributed by atoms with E-state index in [1.165, 1.54) is 0 Å². The van der Waals surface area contributed by atoms with Crippen LogP contribution in [0.5, 0.6) is 0 Å². The van der Waals surface area contributed by atoms with E-state index in [-0.39, 0.29) is 0 Å². The number of hydrogen-bond donors (Lipinski definition) is 1. The maximum Gasteiger partial charge on any atom is 0.310 e. The first-order valence-corrected chi connectivity index (χ1v) is 7.12. The van der Waals surface area contributed by atoms with Gasteiger partial charge in [-0.05, 0) is 43.9 Å². The van der Waals surface area contributed by atoms with Crippen molar-refractivity contribution in [2.45, 2.75) is 38.9 Å². The fourth-order valence-electron chi connectivity index (χ4n) is 1.83. The van der Waals surface area contributed by atoms with Crippen LogP contribution in [0.25, 0.3) is 10.8 Å². The molecule has 0 heterocycles. The zero-order chi connectivity index (χ0) is 15.0. The molecule has 0 saturated carbocycles. The molecule has 0 aliphatic heterocycles. The number of fused-ring (bicyclic) bond motifs is 1. The Balaban J connectivity index is 2.25. The van der Waals surface area contributed by atoms with Gasteiger partial charge in [-0.3, -0.25) is 0 Å². The van der Waals surface area contributed by atoms with Crippen LogP contribution in [0.3, 0.4) is 0 Å². The van der Waals surface area contributed by atoms with E-state index in [0.29, 0.717) is 7.48 Å². The molecule has 1 N–H and O–H groups in total. The zero-order valence-electron chi connectivity index (χ0n) is 12.4. The van der Waals surface area contributed by atoms with Crippen molar-refractivity contribution in [3.8, 4) is 0 Å². The highest BCUT2D eigenvalue weighted by molar-refractivity contribution is 6.55. The molecule has 0 unspecified atom stereocenters. The van der Waals surface area contributed by atoms with Gasteiger partial charge in [0, 0.05) is 5.02 Å². The van der Waals surface area contributed by atoms with Crippen LogP contribution >= 0.6 is 11.6 Å². The first-order valence-electron chi connectivity index (χ1n) is 6.75. The first-order chi connectivity index (χ1) is 9.22. The smallest absolute Gasteiger partial charge is 0.310 e. The second kappa shape index (κ2) is 5.40. The van der Waals surface area contributed by atoms with Crippen molar-refractivity contribution < 1.29 is 9.76 Å². The van der Waals surface area contributed by atoms with Gasteiger partial charge in [-0.15, -0.1) is 0 Å². The lowest BCUT2D eigenvalue weighted by molar-refractivity contribution is -0.0893. The first kappa shape index (κ1) is 15.4. The molecular formula is C16H20BClO2. The third-order valence-corrected chi connectivity index (χ3v) is 4.45. The summed E-state index contributed by atoms with van der Waals surface area (Å²) in [4.78, 5) is 0. The van der Waals surface area contributed by atoms with Crippen molar-refractivity contribution in [2.75, 3.05) is 0 Å². The molecule has 0 aliphatic carbocycles. The van der Waals surface area contributed by atoms with Crippen LogP contribution in [0.4, 0.5) is 0 Å². The Morgan fingerprint density at radius 1 is 1.05 bits per heavy atom. The second-order valence-corrected chi connectivity index (χ2v) is 6.50. The molecule has 0 aliphatic rings. The van der Waals surface area contributed by atoms with Crippen molar-refractivity contribution in [2.24, 2.45) is 0 Å². The standard InChI is InChI=1S/C16H20BClO2/c1-15(2,19)16(3,4)20-17-13-10-9-11-7-5-6-8-12(11)14(13)18/h5-10,17,19H,1-4H3. The van der Waals surface area contributed by atoms with Crippen LogP contribution in [0.1, 0.15) is 27.7 Å². The van der Waals surface area contributed by atoms with Crippen LogP contribution in [0, 0.1) is 0 Å².